The van der Waals surface area contributed by atoms with Gasteiger partial charge in [0, 0.05) is 33.7 Å². The summed E-state index contributed by atoms with van der Waals surface area (Å²) in [5.74, 6) is -0.0387. The molecule has 0 aliphatic carbocycles. The Labute approximate surface area is 208 Å². The van der Waals surface area contributed by atoms with Crippen LogP contribution >= 0.6 is 0 Å². The van der Waals surface area contributed by atoms with E-state index in [2.05, 4.69) is 5.32 Å². The molecule has 1 fully saturated rings. The van der Waals surface area contributed by atoms with E-state index in [-0.39, 0.29) is 28.8 Å². The van der Waals surface area contributed by atoms with Gasteiger partial charge in [0.2, 0.25) is 26.0 Å². The fourth-order valence-electron chi connectivity index (χ4n) is 3.95. The van der Waals surface area contributed by atoms with Crippen LogP contribution < -0.4 is 10.1 Å². The van der Waals surface area contributed by atoms with Gasteiger partial charge in [-0.2, -0.15) is 4.31 Å². The summed E-state index contributed by atoms with van der Waals surface area (Å²) >= 11 is 0. The van der Waals surface area contributed by atoms with Crippen LogP contribution in [-0.4, -0.2) is 65.1 Å². The second-order valence-electron chi connectivity index (χ2n) is 8.71. The summed E-state index contributed by atoms with van der Waals surface area (Å²) in [6, 6.07) is 11.1. The van der Waals surface area contributed by atoms with Crippen molar-refractivity contribution in [3.63, 3.8) is 0 Å². The minimum absolute atomic E-state index is 0.112. The molecule has 2 aromatic rings. The van der Waals surface area contributed by atoms with Crippen LogP contribution in [0.15, 0.2) is 52.3 Å². The Hall–Kier alpha value is -2.47. The first kappa shape index (κ1) is 27.1. The number of carbonyl (C=O) groups excluding carboxylic acids is 1. The molecule has 2 aromatic carbocycles. The second-order valence-corrected chi connectivity index (χ2v) is 12.8. The Bertz CT molecular complexity index is 1260. The molecule has 11 heteroatoms. The molecule has 9 nitrogen and oxygen atoms in total. The number of aryl methyl sites for hydroxylation is 1. The van der Waals surface area contributed by atoms with Gasteiger partial charge >= 0.3 is 0 Å². The number of hydrogen-bond acceptors (Lipinski definition) is 6. The molecule has 1 amide bonds. The SMILES string of the molecule is CCOc1ccc(S(=O)(=O)N2CCC[C@@H](C(=O)NCc3ccc(S(=O)(=O)N(C)C)cc3)C2)cc1C. The molecule has 1 saturated heterocycles. The highest BCUT2D eigenvalue weighted by molar-refractivity contribution is 7.89. The number of benzene rings is 2. The molecule has 0 spiro atoms. The van der Waals surface area contributed by atoms with Gasteiger partial charge in [0.05, 0.1) is 22.3 Å². The smallest absolute Gasteiger partial charge is 0.243 e. The zero-order valence-corrected chi connectivity index (χ0v) is 22.2. The van der Waals surface area contributed by atoms with Crippen molar-refractivity contribution in [3.8, 4) is 5.75 Å². The molecule has 1 heterocycles. The van der Waals surface area contributed by atoms with Gasteiger partial charge < -0.3 is 10.1 Å². The van der Waals surface area contributed by atoms with Crippen LogP contribution in [0, 0.1) is 12.8 Å². The normalized spacial score (nSPS) is 17.3. The third kappa shape index (κ3) is 6.21. The maximum absolute atomic E-state index is 13.2. The first-order chi connectivity index (χ1) is 16.5. The van der Waals surface area contributed by atoms with Gasteiger partial charge in [-0.25, -0.2) is 21.1 Å². The summed E-state index contributed by atoms with van der Waals surface area (Å²) in [5, 5.41) is 2.86. The Kier molecular flexibility index (Phi) is 8.58. The fraction of sp³-hybridized carbons (Fsp3) is 0.458. The van der Waals surface area contributed by atoms with E-state index in [0.717, 1.165) is 15.4 Å². The fourth-order valence-corrected chi connectivity index (χ4v) is 6.46. The van der Waals surface area contributed by atoms with Gasteiger partial charge in [0.25, 0.3) is 0 Å². The topological polar surface area (TPSA) is 113 Å². The first-order valence-electron chi connectivity index (χ1n) is 11.5. The largest absolute Gasteiger partial charge is 0.494 e. The summed E-state index contributed by atoms with van der Waals surface area (Å²) in [5.41, 5.74) is 1.49. The lowest BCUT2D eigenvalue weighted by Gasteiger charge is -2.31. The second kappa shape index (κ2) is 11.1. The highest BCUT2D eigenvalue weighted by Crippen LogP contribution is 2.27. The average Bonchev–Trinajstić information content (AvgIpc) is 2.84. The van der Waals surface area contributed by atoms with Crippen LogP contribution in [-0.2, 0) is 31.4 Å². The van der Waals surface area contributed by atoms with E-state index in [4.69, 9.17) is 4.74 Å². The molecule has 0 unspecified atom stereocenters. The van der Waals surface area contributed by atoms with Gasteiger partial charge in [-0.1, -0.05) is 12.1 Å². The van der Waals surface area contributed by atoms with Crippen LogP contribution in [0.5, 0.6) is 5.75 Å². The van der Waals surface area contributed by atoms with Crippen molar-refractivity contribution in [1.82, 2.24) is 13.9 Å². The third-order valence-electron chi connectivity index (χ3n) is 6.01. The van der Waals surface area contributed by atoms with Gasteiger partial charge in [-0.05, 0) is 68.1 Å². The van der Waals surface area contributed by atoms with Crippen molar-refractivity contribution < 1.29 is 26.4 Å². The molecule has 0 bridgehead atoms. The van der Waals surface area contributed by atoms with Crippen LogP contribution in [0.25, 0.3) is 0 Å². The number of sulfonamides is 2. The number of nitrogens with one attached hydrogen (secondary N) is 1. The summed E-state index contributed by atoms with van der Waals surface area (Å²) < 4.78 is 58.8. The Morgan fingerprint density at radius 1 is 1.09 bits per heavy atom. The van der Waals surface area contributed by atoms with E-state index in [0.29, 0.717) is 31.7 Å². The summed E-state index contributed by atoms with van der Waals surface area (Å²) in [4.78, 5) is 13.2. The molecule has 1 atom stereocenters. The number of nitrogens with zero attached hydrogens (tertiary/aromatic N) is 2. The van der Waals surface area contributed by atoms with Crippen molar-refractivity contribution in [2.24, 2.45) is 5.92 Å². The lowest BCUT2D eigenvalue weighted by Crippen LogP contribution is -2.45. The summed E-state index contributed by atoms with van der Waals surface area (Å²) in [6.07, 6.45) is 1.19. The van der Waals surface area contributed by atoms with Crippen LogP contribution in [0.2, 0.25) is 0 Å². The van der Waals surface area contributed by atoms with E-state index in [9.17, 15) is 21.6 Å². The maximum atomic E-state index is 13.2. The number of rotatable bonds is 9. The Balaban J connectivity index is 1.63. The van der Waals surface area contributed by atoms with E-state index in [1.54, 1.807) is 31.2 Å². The molecule has 1 aliphatic rings. The van der Waals surface area contributed by atoms with Crippen molar-refractivity contribution in [2.45, 2.75) is 43.0 Å². The molecule has 1 N–H and O–H groups in total. The molecule has 1 aliphatic heterocycles. The first-order valence-corrected chi connectivity index (χ1v) is 14.4. The molecule has 192 valence electrons. The third-order valence-corrected chi connectivity index (χ3v) is 9.70. The molecule has 0 saturated carbocycles. The molecular weight excluding hydrogens is 490 g/mol. The highest BCUT2D eigenvalue weighted by atomic mass is 32.2. The van der Waals surface area contributed by atoms with Crippen LogP contribution in [0.4, 0.5) is 0 Å². The standard InChI is InChI=1S/C24H33N3O6S2/c1-5-33-23-13-12-22(15-18(23)2)35(31,32)27-14-6-7-20(17-27)24(28)25-16-19-8-10-21(11-9-19)34(29,30)26(3)4/h8-13,15,20H,5-7,14,16-17H2,1-4H3,(H,25,28)/t20-/m1/s1. The predicted molar refractivity (Wildman–Crippen MR) is 133 cm³/mol. The maximum Gasteiger partial charge on any atom is 0.243 e. The number of carbonyl (C=O) groups is 1. The van der Waals surface area contributed by atoms with Gasteiger partial charge in [-0.15, -0.1) is 0 Å². The molecule has 0 radical (unpaired) electrons. The van der Waals surface area contributed by atoms with E-state index >= 15 is 0 Å². The van der Waals surface area contributed by atoms with Gasteiger partial charge in [0.1, 0.15) is 5.75 Å². The van der Waals surface area contributed by atoms with Gasteiger partial charge in [0.15, 0.2) is 0 Å². The highest BCUT2D eigenvalue weighted by Gasteiger charge is 2.33. The number of ether oxygens (including phenoxy) is 1. The van der Waals surface area contributed by atoms with E-state index < -0.39 is 26.0 Å². The van der Waals surface area contributed by atoms with Gasteiger partial charge in [-0.3, -0.25) is 4.79 Å². The lowest BCUT2D eigenvalue weighted by molar-refractivity contribution is -0.126. The average molecular weight is 524 g/mol. The molecule has 3 rings (SSSR count). The van der Waals surface area contributed by atoms with E-state index in [1.165, 1.54) is 36.6 Å². The lowest BCUT2D eigenvalue weighted by atomic mass is 9.99. The molecule has 35 heavy (non-hydrogen) atoms. The number of hydrogen-bond donors (Lipinski definition) is 1. The minimum Gasteiger partial charge on any atom is -0.494 e. The minimum atomic E-state index is -3.74. The molecule has 0 aromatic heterocycles. The number of amides is 1. The van der Waals surface area contributed by atoms with Crippen LogP contribution in [0.1, 0.15) is 30.9 Å². The van der Waals surface area contributed by atoms with Crippen molar-refractivity contribution >= 4 is 26.0 Å². The zero-order chi connectivity index (χ0) is 25.8. The quantitative estimate of drug-likeness (QED) is 0.540. The van der Waals surface area contributed by atoms with E-state index in [1.807, 2.05) is 6.92 Å². The summed E-state index contributed by atoms with van der Waals surface area (Å²) in [6.45, 7) is 4.87. The monoisotopic (exact) mass is 523 g/mol. The van der Waals surface area contributed by atoms with Crippen molar-refractivity contribution in [2.75, 3.05) is 33.8 Å². The Morgan fingerprint density at radius 3 is 2.34 bits per heavy atom. The number of piperidine rings is 1. The van der Waals surface area contributed by atoms with Crippen LogP contribution in [0.3, 0.4) is 0 Å². The molecular formula is C24H33N3O6S2. The zero-order valence-electron chi connectivity index (χ0n) is 20.5. The van der Waals surface area contributed by atoms with Crippen molar-refractivity contribution in [3.05, 3.63) is 53.6 Å². The Morgan fingerprint density at radius 2 is 1.74 bits per heavy atom. The van der Waals surface area contributed by atoms with Crippen molar-refractivity contribution in [1.29, 1.82) is 0 Å². The summed E-state index contributed by atoms with van der Waals surface area (Å²) in [7, 11) is -4.32. The predicted octanol–water partition coefficient (Wildman–Crippen LogP) is 2.36.